The topological polar surface area (TPSA) is 54.8 Å². The van der Waals surface area contributed by atoms with Crippen LogP contribution < -0.4 is 0 Å². The normalized spacial score (nSPS) is 14.7. The molecule has 6 nitrogen and oxygen atoms in total. The van der Waals surface area contributed by atoms with Gasteiger partial charge in [-0.15, -0.1) is 0 Å². The molecule has 3 rings (SSSR count). The number of aromatic nitrogens is 1. The Bertz CT molecular complexity index is 970. The average molecular weight is 482 g/mol. The number of hydrogen-bond acceptors (Lipinski definition) is 3. The highest BCUT2D eigenvalue weighted by Crippen LogP contribution is 2.26. The van der Waals surface area contributed by atoms with E-state index in [1.165, 1.54) is 17.5 Å². The Kier molecular flexibility index (Phi) is 9.55. The van der Waals surface area contributed by atoms with Crippen molar-refractivity contribution in [3.8, 4) is 0 Å². The van der Waals surface area contributed by atoms with E-state index in [-0.39, 0.29) is 29.8 Å². The van der Waals surface area contributed by atoms with Crippen molar-refractivity contribution in [3.05, 3.63) is 59.4 Å². The minimum Gasteiger partial charge on any atom is -0.383 e. The Morgan fingerprint density at radius 3 is 2.49 bits per heavy atom. The van der Waals surface area contributed by atoms with Gasteiger partial charge < -0.3 is 19.1 Å². The summed E-state index contributed by atoms with van der Waals surface area (Å²) in [6, 6.07) is 12.6. The van der Waals surface area contributed by atoms with Gasteiger partial charge in [-0.3, -0.25) is 9.59 Å². The van der Waals surface area contributed by atoms with Crippen molar-refractivity contribution in [2.75, 3.05) is 26.8 Å². The van der Waals surface area contributed by atoms with Crippen molar-refractivity contribution < 1.29 is 14.3 Å². The second-order valence-electron chi connectivity index (χ2n) is 10.9. The van der Waals surface area contributed by atoms with Gasteiger partial charge >= 0.3 is 0 Å². The van der Waals surface area contributed by atoms with Gasteiger partial charge in [-0.25, -0.2) is 0 Å². The fourth-order valence-corrected chi connectivity index (χ4v) is 4.94. The molecule has 192 valence electrons. The van der Waals surface area contributed by atoms with Crippen LogP contribution in [0.4, 0.5) is 0 Å². The maximum atomic E-state index is 13.7. The Labute approximate surface area is 211 Å². The van der Waals surface area contributed by atoms with Gasteiger partial charge in [-0.1, -0.05) is 49.1 Å². The van der Waals surface area contributed by atoms with Gasteiger partial charge in [0.2, 0.25) is 11.8 Å². The maximum Gasteiger partial charge on any atom is 0.242 e. The van der Waals surface area contributed by atoms with E-state index >= 15 is 0 Å². The molecule has 6 heteroatoms. The first-order chi connectivity index (χ1) is 16.7. The Morgan fingerprint density at radius 1 is 1.09 bits per heavy atom. The monoisotopic (exact) mass is 481 g/mol. The predicted octanol–water partition coefficient (Wildman–Crippen LogP) is 5.03. The number of rotatable bonds is 10. The molecule has 35 heavy (non-hydrogen) atoms. The van der Waals surface area contributed by atoms with Gasteiger partial charge in [0.1, 0.15) is 0 Å². The third kappa shape index (κ3) is 7.69. The minimum atomic E-state index is -0.379. The molecule has 1 fully saturated rings. The van der Waals surface area contributed by atoms with E-state index in [1.54, 1.807) is 12.0 Å². The molecule has 1 aliphatic rings. The van der Waals surface area contributed by atoms with Gasteiger partial charge in [0.25, 0.3) is 0 Å². The van der Waals surface area contributed by atoms with Crippen LogP contribution >= 0.6 is 0 Å². The van der Waals surface area contributed by atoms with Crippen LogP contribution in [-0.4, -0.2) is 58.5 Å². The van der Waals surface area contributed by atoms with Crippen LogP contribution in [-0.2, 0) is 27.4 Å². The van der Waals surface area contributed by atoms with E-state index in [0.717, 1.165) is 37.9 Å². The number of amides is 2. The van der Waals surface area contributed by atoms with Crippen LogP contribution in [0.15, 0.2) is 42.6 Å². The average Bonchev–Trinajstić information content (AvgIpc) is 3.26. The van der Waals surface area contributed by atoms with Crippen molar-refractivity contribution in [2.24, 2.45) is 5.92 Å². The molecule has 0 atom stereocenters. The quantitative estimate of drug-likeness (QED) is 0.478. The summed E-state index contributed by atoms with van der Waals surface area (Å²) in [6.45, 7) is 10.5. The summed E-state index contributed by atoms with van der Waals surface area (Å²) in [6.07, 6.45) is 7.29. The van der Waals surface area contributed by atoms with Crippen molar-refractivity contribution in [2.45, 2.75) is 78.4 Å². The largest absolute Gasteiger partial charge is 0.383 e. The minimum absolute atomic E-state index is 0.0268. The molecule has 2 aromatic rings. The van der Waals surface area contributed by atoms with Gasteiger partial charge in [0.05, 0.1) is 19.7 Å². The van der Waals surface area contributed by atoms with E-state index in [2.05, 4.69) is 68.8 Å². The molecule has 1 saturated carbocycles. The van der Waals surface area contributed by atoms with Crippen LogP contribution in [0.25, 0.3) is 0 Å². The van der Waals surface area contributed by atoms with E-state index in [4.69, 9.17) is 4.74 Å². The van der Waals surface area contributed by atoms with Crippen LogP contribution in [0.5, 0.6) is 0 Å². The molecule has 1 aromatic heterocycles. The number of nitrogens with zero attached hydrogens (tertiary/aromatic N) is 3. The summed E-state index contributed by atoms with van der Waals surface area (Å²) >= 11 is 0. The number of carbonyl (C=O) groups excluding carboxylic acids is 2. The number of carbonyl (C=O) groups is 2. The van der Waals surface area contributed by atoms with Crippen molar-refractivity contribution >= 4 is 11.8 Å². The summed E-state index contributed by atoms with van der Waals surface area (Å²) < 4.78 is 7.47. The Balaban J connectivity index is 1.75. The standard InChI is InChI=1S/C29H43N3O3/c1-23-11-9-12-24(19-23)20-30-16-10-15-26(30)21-32(29(2,3)4)27(33)22-31(17-18-35-5)28(34)25-13-7-6-8-14-25/h9-12,15-16,19,25H,6-8,13-14,17-18,20-22H2,1-5H3. The molecular formula is C29H43N3O3. The van der Waals surface area contributed by atoms with E-state index in [9.17, 15) is 9.59 Å². The zero-order valence-electron chi connectivity index (χ0n) is 22.3. The van der Waals surface area contributed by atoms with Crippen LogP contribution in [0.3, 0.4) is 0 Å². The van der Waals surface area contributed by atoms with Crippen LogP contribution in [0.1, 0.15) is 69.7 Å². The molecule has 0 radical (unpaired) electrons. The Hall–Kier alpha value is -2.60. The summed E-state index contributed by atoms with van der Waals surface area (Å²) in [5, 5.41) is 0. The first kappa shape index (κ1) is 27.0. The van der Waals surface area contributed by atoms with Gasteiger partial charge in [0, 0.05) is 43.5 Å². The second kappa shape index (κ2) is 12.4. The van der Waals surface area contributed by atoms with Crippen molar-refractivity contribution in [3.63, 3.8) is 0 Å². The molecule has 0 spiro atoms. The lowest BCUT2D eigenvalue weighted by molar-refractivity contribution is -0.147. The highest BCUT2D eigenvalue weighted by Gasteiger charge is 2.32. The maximum absolute atomic E-state index is 13.7. The molecular weight excluding hydrogens is 438 g/mol. The summed E-state index contributed by atoms with van der Waals surface area (Å²) in [4.78, 5) is 30.6. The highest BCUT2D eigenvalue weighted by atomic mass is 16.5. The number of benzene rings is 1. The lowest BCUT2D eigenvalue weighted by Crippen LogP contribution is -2.51. The molecule has 0 aliphatic heterocycles. The van der Waals surface area contributed by atoms with Crippen molar-refractivity contribution in [1.29, 1.82) is 0 Å². The number of aryl methyl sites for hydroxylation is 1. The molecule has 1 aliphatic carbocycles. The summed E-state index contributed by atoms with van der Waals surface area (Å²) in [5.74, 6) is 0.107. The van der Waals surface area contributed by atoms with Crippen molar-refractivity contribution in [1.82, 2.24) is 14.4 Å². The smallest absolute Gasteiger partial charge is 0.242 e. The van der Waals surface area contributed by atoms with E-state index in [1.807, 2.05) is 11.0 Å². The fourth-order valence-electron chi connectivity index (χ4n) is 4.94. The molecule has 1 aromatic carbocycles. The third-order valence-corrected chi connectivity index (χ3v) is 6.95. The van der Waals surface area contributed by atoms with E-state index in [0.29, 0.717) is 19.7 Å². The van der Waals surface area contributed by atoms with Gasteiger partial charge in [-0.2, -0.15) is 0 Å². The SMILES string of the molecule is COCCN(CC(=O)N(Cc1cccn1Cc1cccc(C)c1)C(C)(C)C)C(=O)C1CCCCC1. The molecule has 0 saturated heterocycles. The molecule has 0 unspecified atom stereocenters. The highest BCUT2D eigenvalue weighted by molar-refractivity contribution is 5.86. The summed E-state index contributed by atoms with van der Waals surface area (Å²) in [7, 11) is 1.63. The van der Waals surface area contributed by atoms with Gasteiger partial charge in [0.15, 0.2) is 0 Å². The molecule has 0 N–H and O–H groups in total. The lowest BCUT2D eigenvalue weighted by atomic mass is 9.88. The third-order valence-electron chi connectivity index (χ3n) is 6.95. The lowest BCUT2D eigenvalue weighted by Gasteiger charge is -2.38. The summed E-state index contributed by atoms with van der Waals surface area (Å²) in [5.41, 5.74) is 3.18. The van der Waals surface area contributed by atoms with Crippen LogP contribution in [0.2, 0.25) is 0 Å². The number of methoxy groups -OCH3 is 1. The number of ether oxygens (including phenoxy) is 1. The number of hydrogen-bond donors (Lipinski definition) is 0. The van der Waals surface area contributed by atoms with E-state index < -0.39 is 0 Å². The zero-order chi connectivity index (χ0) is 25.4. The fraction of sp³-hybridized carbons (Fsp3) is 0.586. The second-order valence-corrected chi connectivity index (χ2v) is 10.9. The zero-order valence-corrected chi connectivity index (χ0v) is 22.3. The first-order valence-corrected chi connectivity index (χ1v) is 13.0. The molecule has 0 bridgehead atoms. The van der Waals surface area contributed by atoms with Crippen LogP contribution in [0, 0.1) is 12.8 Å². The predicted molar refractivity (Wildman–Crippen MR) is 140 cm³/mol. The first-order valence-electron chi connectivity index (χ1n) is 13.0. The van der Waals surface area contributed by atoms with Gasteiger partial charge in [-0.05, 0) is 58.2 Å². The molecule has 2 amide bonds. The Morgan fingerprint density at radius 2 is 1.83 bits per heavy atom. The molecule has 1 heterocycles.